The van der Waals surface area contributed by atoms with E-state index in [0.717, 1.165) is 25.0 Å². The second kappa shape index (κ2) is 6.50. The first kappa shape index (κ1) is 18.3. The maximum Gasteiger partial charge on any atom is 0.416 e. The van der Waals surface area contributed by atoms with Crippen LogP contribution in [0.25, 0.3) is 16.6 Å². The van der Waals surface area contributed by atoms with E-state index in [1.165, 1.54) is 35.9 Å². The minimum Gasteiger partial charge on any atom is -0.494 e. The largest absolute Gasteiger partial charge is 0.494 e. The van der Waals surface area contributed by atoms with Crippen molar-refractivity contribution in [1.29, 1.82) is 0 Å². The summed E-state index contributed by atoms with van der Waals surface area (Å²) in [5.74, 6) is -0.836. The maximum absolute atomic E-state index is 14.8. The van der Waals surface area contributed by atoms with E-state index in [2.05, 4.69) is 10.3 Å². The summed E-state index contributed by atoms with van der Waals surface area (Å²) in [7, 11) is 1.26. The van der Waals surface area contributed by atoms with E-state index in [9.17, 15) is 22.4 Å². The molecule has 1 N–H and O–H groups in total. The van der Waals surface area contributed by atoms with E-state index in [4.69, 9.17) is 4.74 Å². The van der Waals surface area contributed by atoms with Gasteiger partial charge in [-0.1, -0.05) is 12.1 Å². The van der Waals surface area contributed by atoms with Crippen molar-refractivity contribution < 1.29 is 22.3 Å². The monoisotopic (exact) mass is 393 g/mol. The summed E-state index contributed by atoms with van der Waals surface area (Å²) in [4.78, 5) is 16.7. The average Bonchev–Trinajstić information content (AvgIpc) is 3.46. The molecule has 0 atom stereocenters. The lowest BCUT2D eigenvalue weighted by molar-refractivity contribution is -0.137. The van der Waals surface area contributed by atoms with Gasteiger partial charge in [0.05, 0.1) is 23.8 Å². The lowest BCUT2D eigenvalue weighted by Gasteiger charge is -2.16. The number of rotatable bonds is 4. The van der Waals surface area contributed by atoms with Gasteiger partial charge in [0.2, 0.25) is 5.95 Å². The van der Waals surface area contributed by atoms with Gasteiger partial charge in [0.1, 0.15) is 0 Å². The van der Waals surface area contributed by atoms with Crippen LogP contribution in [0.5, 0.6) is 5.75 Å². The van der Waals surface area contributed by atoms with E-state index >= 15 is 0 Å². The summed E-state index contributed by atoms with van der Waals surface area (Å²) in [6, 6.07) is 5.96. The first-order chi connectivity index (χ1) is 13.3. The van der Waals surface area contributed by atoms with Gasteiger partial charge >= 0.3 is 6.18 Å². The molecule has 0 aliphatic heterocycles. The van der Waals surface area contributed by atoms with Crippen molar-refractivity contribution in [2.24, 2.45) is 0 Å². The van der Waals surface area contributed by atoms with Crippen LogP contribution >= 0.6 is 0 Å². The number of anilines is 1. The van der Waals surface area contributed by atoms with Crippen molar-refractivity contribution in [3.63, 3.8) is 0 Å². The molecule has 1 saturated carbocycles. The summed E-state index contributed by atoms with van der Waals surface area (Å²) in [5, 5.41) is 3.03. The zero-order valence-electron chi connectivity index (χ0n) is 14.7. The fraction of sp³-hybridized carbons (Fsp3) is 0.263. The smallest absolute Gasteiger partial charge is 0.416 e. The van der Waals surface area contributed by atoms with Crippen LogP contribution in [0.4, 0.5) is 23.5 Å². The van der Waals surface area contributed by atoms with Gasteiger partial charge < -0.3 is 10.1 Å². The van der Waals surface area contributed by atoms with Crippen molar-refractivity contribution in [3.8, 4) is 16.9 Å². The molecule has 0 spiro atoms. The Hall–Kier alpha value is -3.10. The first-order valence-electron chi connectivity index (χ1n) is 8.52. The maximum atomic E-state index is 14.8. The second-order valence-electron chi connectivity index (χ2n) is 6.52. The molecule has 4 rings (SSSR count). The summed E-state index contributed by atoms with van der Waals surface area (Å²) in [6.07, 6.45) is -1.68. The molecule has 2 aromatic heterocycles. The Morgan fingerprint density at radius 2 is 2.00 bits per heavy atom. The molecule has 0 bridgehead atoms. The normalized spacial score (nSPS) is 14.3. The molecule has 9 heteroatoms. The van der Waals surface area contributed by atoms with Crippen LogP contribution in [0.15, 0.2) is 41.3 Å². The molecule has 0 radical (unpaired) electrons. The van der Waals surface area contributed by atoms with Crippen molar-refractivity contribution >= 4 is 11.5 Å². The van der Waals surface area contributed by atoms with Gasteiger partial charge in [-0.2, -0.15) is 18.2 Å². The molecule has 0 unspecified atom stereocenters. The Labute approximate surface area is 156 Å². The van der Waals surface area contributed by atoms with E-state index in [0.29, 0.717) is 0 Å². The lowest BCUT2D eigenvalue weighted by Crippen LogP contribution is -2.20. The fourth-order valence-corrected chi connectivity index (χ4v) is 3.00. The minimum atomic E-state index is -4.62. The molecular weight excluding hydrogens is 378 g/mol. The number of fused-ring (bicyclic) bond motifs is 1. The zero-order chi connectivity index (χ0) is 20.1. The Morgan fingerprint density at radius 3 is 2.64 bits per heavy atom. The highest BCUT2D eigenvalue weighted by Crippen LogP contribution is 2.35. The highest BCUT2D eigenvalue weighted by molar-refractivity contribution is 5.82. The highest BCUT2D eigenvalue weighted by atomic mass is 19.4. The third-order valence-corrected chi connectivity index (χ3v) is 4.55. The van der Waals surface area contributed by atoms with Gasteiger partial charge in [0, 0.05) is 17.8 Å². The molecule has 5 nitrogen and oxygen atoms in total. The molecule has 2 heterocycles. The van der Waals surface area contributed by atoms with Crippen molar-refractivity contribution in [1.82, 2.24) is 9.38 Å². The second-order valence-corrected chi connectivity index (χ2v) is 6.52. The van der Waals surface area contributed by atoms with Crippen LogP contribution < -0.4 is 15.6 Å². The van der Waals surface area contributed by atoms with Crippen molar-refractivity contribution in [2.45, 2.75) is 25.1 Å². The number of methoxy groups -OCH3 is 1. The Bertz CT molecular complexity index is 1120. The van der Waals surface area contributed by atoms with Gasteiger partial charge in [0.15, 0.2) is 11.6 Å². The van der Waals surface area contributed by atoms with Crippen molar-refractivity contribution in [3.05, 3.63) is 58.3 Å². The molecule has 3 aromatic rings. The quantitative estimate of drug-likeness (QED) is 0.678. The lowest BCUT2D eigenvalue weighted by atomic mass is 10.0. The van der Waals surface area contributed by atoms with Crippen LogP contribution in [-0.2, 0) is 6.18 Å². The van der Waals surface area contributed by atoms with E-state index in [-0.39, 0.29) is 34.4 Å². The molecule has 1 aliphatic carbocycles. The highest BCUT2D eigenvalue weighted by Gasteiger charge is 2.32. The number of halogens is 4. The van der Waals surface area contributed by atoms with E-state index < -0.39 is 23.1 Å². The van der Waals surface area contributed by atoms with Gasteiger partial charge in [-0.3, -0.25) is 9.20 Å². The first-order valence-corrected chi connectivity index (χ1v) is 8.52. The Balaban J connectivity index is 2.04. The SMILES string of the molecule is COc1cccc(-c2c(=O)nc(NC3CC3)n3ccc(C(F)(F)F)cc23)c1F. The number of pyridine rings is 1. The fourth-order valence-electron chi connectivity index (χ4n) is 3.00. The molecule has 146 valence electrons. The number of ether oxygens (including phenoxy) is 1. The predicted octanol–water partition coefficient (Wildman–Crippen LogP) is 4.10. The molecule has 1 aromatic carbocycles. The molecule has 1 fully saturated rings. The van der Waals surface area contributed by atoms with Gasteiger partial charge in [0.25, 0.3) is 5.56 Å². The minimum absolute atomic E-state index is 0.0925. The number of aromatic nitrogens is 2. The van der Waals surface area contributed by atoms with E-state index in [1.807, 2.05) is 0 Å². The van der Waals surface area contributed by atoms with E-state index in [1.54, 1.807) is 0 Å². The molecule has 28 heavy (non-hydrogen) atoms. The van der Waals surface area contributed by atoms with Gasteiger partial charge in [-0.25, -0.2) is 4.39 Å². The number of benzene rings is 1. The number of hydrogen-bond acceptors (Lipinski definition) is 4. The standard InChI is InChI=1S/C19H15F4N3O2/c1-28-14-4-2-3-12(16(14)20)15-13-9-10(19(21,22)23)7-8-26(13)18(25-17(15)27)24-11-5-6-11/h2-4,7-9,11H,5-6H2,1H3,(H,24,25,27). The number of nitrogens with zero attached hydrogens (tertiary/aromatic N) is 2. The predicted molar refractivity (Wildman–Crippen MR) is 95.1 cm³/mol. The summed E-state index contributed by atoms with van der Waals surface area (Å²) >= 11 is 0. The van der Waals surface area contributed by atoms with Crippen LogP contribution in [0, 0.1) is 5.82 Å². The number of alkyl halides is 3. The Morgan fingerprint density at radius 1 is 1.25 bits per heavy atom. The summed E-state index contributed by atoms with van der Waals surface area (Å²) in [6.45, 7) is 0. The average molecular weight is 393 g/mol. The molecule has 0 saturated heterocycles. The van der Waals surface area contributed by atoms with Crippen LogP contribution in [0.3, 0.4) is 0 Å². The zero-order valence-corrected chi connectivity index (χ0v) is 14.7. The third-order valence-electron chi connectivity index (χ3n) is 4.55. The molecule has 1 aliphatic rings. The van der Waals surface area contributed by atoms with Gasteiger partial charge in [-0.05, 0) is 31.0 Å². The summed E-state index contributed by atoms with van der Waals surface area (Å²) in [5.41, 5.74) is -2.30. The third kappa shape index (κ3) is 3.17. The Kier molecular flexibility index (Phi) is 4.24. The van der Waals surface area contributed by atoms with Crippen LogP contribution in [0.2, 0.25) is 0 Å². The topological polar surface area (TPSA) is 55.6 Å². The molecule has 0 amide bonds. The van der Waals surface area contributed by atoms with Crippen molar-refractivity contribution in [2.75, 3.05) is 12.4 Å². The van der Waals surface area contributed by atoms with Gasteiger partial charge in [-0.15, -0.1) is 0 Å². The number of hydrogen-bond donors (Lipinski definition) is 1. The van der Waals surface area contributed by atoms with Crippen LogP contribution in [-0.4, -0.2) is 22.5 Å². The summed E-state index contributed by atoms with van der Waals surface area (Å²) < 4.78 is 60.8. The number of nitrogens with one attached hydrogen (secondary N) is 1. The van der Waals surface area contributed by atoms with Crippen LogP contribution in [0.1, 0.15) is 18.4 Å². The molecular formula is C19H15F4N3O2.